The number of aryl methyl sites for hydroxylation is 1. The van der Waals surface area contributed by atoms with Crippen molar-refractivity contribution in [1.29, 1.82) is 0 Å². The molecule has 5 nitrogen and oxygen atoms in total. The first-order chi connectivity index (χ1) is 10.6. The van der Waals surface area contributed by atoms with Crippen LogP contribution < -0.4 is 10.6 Å². The van der Waals surface area contributed by atoms with E-state index in [1.54, 1.807) is 36.4 Å². The maximum absolute atomic E-state index is 12.2. The van der Waals surface area contributed by atoms with Gasteiger partial charge in [-0.2, -0.15) is 0 Å². The first-order valence-electron chi connectivity index (χ1n) is 7.24. The number of hydrogen-bond donors (Lipinski definition) is 2. The average Bonchev–Trinajstić information content (AvgIpc) is 2.53. The van der Waals surface area contributed by atoms with Crippen LogP contribution in [-0.4, -0.2) is 23.3 Å². The predicted molar refractivity (Wildman–Crippen MR) is 86.0 cm³/mol. The van der Waals surface area contributed by atoms with Crippen LogP contribution in [0.3, 0.4) is 0 Å². The van der Waals surface area contributed by atoms with Gasteiger partial charge in [0.15, 0.2) is 0 Å². The van der Waals surface area contributed by atoms with Crippen LogP contribution in [0.4, 0.5) is 5.69 Å². The highest BCUT2D eigenvalue weighted by Gasteiger charge is 2.14. The van der Waals surface area contributed by atoms with Gasteiger partial charge in [-0.1, -0.05) is 25.1 Å². The van der Waals surface area contributed by atoms with Gasteiger partial charge in [0.1, 0.15) is 5.69 Å². The molecular formula is C17H19N3O2. The van der Waals surface area contributed by atoms with Gasteiger partial charge in [0.25, 0.3) is 11.8 Å². The van der Waals surface area contributed by atoms with Crippen LogP contribution in [0.2, 0.25) is 0 Å². The van der Waals surface area contributed by atoms with E-state index in [0.29, 0.717) is 23.5 Å². The van der Waals surface area contributed by atoms with Crippen LogP contribution in [0, 0.1) is 6.92 Å². The third-order valence-electron chi connectivity index (χ3n) is 3.08. The smallest absolute Gasteiger partial charge is 0.274 e. The van der Waals surface area contributed by atoms with Crippen molar-refractivity contribution >= 4 is 17.5 Å². The molecule has 0 spiro atoms. The number of para-hydroxylation sites is 1. The van der Waals surface area contributed by atoms with Crippen LogP contribution >= 0.6 is 0 Å². The van der Waals surface area contributed by atoms with E-state index in [-0.39, 0.29) is 11.8 Å². The molecule has 0 aliphatic rings. The van der Waals surface area contributed by atoms with Gasteiger partial charge >= 0.3 is 0 Å². The predicted octanol–water partition coefficient (Wildman–Crippen LogP) is 2.78. The van der Waals surface area contributed by atoms with Crippen molar-refractivity contribution in [2.75, 3.05) is 11.9 Å². The topological polar surface area (TPSA) is 71.1 Å². The number of benzene rings is 1. The first kappa shape index (κ1) is 15.7. The Morgan fingerprint density at radius 1 is 1.05 bits per heavy atom. The van der Waals surface area contributed by atoms with Crippen LogP contribution in [0.1, 0.15) is 39.9 Å². The Balaban J connectivity index is 2.19. The molecule has 0 saturated carbocycles. The Kier molecular flexibility index (Phi) is 5.25. The molecule has 0 bridgehead atoms. The monoisotopic (exact) mass is 297 g/mol. The Morgan fingerprint density at radius 2 is 1.82 bits per heavy atom. The van der Waals surface area contributed by atoms with Gasteiger partial charge in [-0.3, -0.25) is 9.59 Å². The number of anilines is 1. The van der Waals surface area contributed by atoms with Gasteiger partial charge < -0.3 is 10.6 Å². The quantitative estimate of drug-likeness (QED) is 0.891. The van der Waals surface area contributed by atoms with E-state index in [9.17, 15) is 9.59 Å². The fraction of sp³-hybridized carbons (Fsp3) is 0.235. The molecule has 2 aromatic rings. The minimum atomic E-state index is -0.334. The largest absolute Gasteiger partial charge is 0.352 e. The molecule has 0 fully saturated rings. The SMILES string of the molecule is CCCNC(=O)c1ccccc1NC(=O)c1cccc(C)n1. The number of carbonyl (C=O) groups excluding carboxylic acids is 2. The molecule has 2 amide bonds. The summed E-state index contributed by atoms with van der Waals surface area (Å²) in [6.07, 6.45) is 0.855. The molecule has 0 saturated heterocycles. The lowest BCUT2D eigenvalue weighted by molar-refractivity contribution is 0.0954. The van der Waals surface area contributed by atoms with Gasteiger partial charge in [0.2, 0.25) is 0 Å². The molecule has 0 unspecified atom stereocenters. The van der Waals surface area contributed by atoms with Crippen LogP contribution in [0.15, 0.2) is 42.5 Å². The van der Waals surface area contributed by atoms with Crippen molar-refractivity contribution < 1.29 is 9.59 Å². The third kappa shape index (κ3) is 3.91. The number of amides is 2. The zero-order valence-electron chi connectivity index (χ0n) is 12.7. The van der Waals surface area contributed by atoms with Crippen LogP contribution in [0.25, 0.3) is 0 Å². The minimum Gasteiger partial charge on any atom is -0.352 e. The van der Waals surface area contributed by atoms with E-state index in [1.807, 2.05) is 19.9 Å². The van der Waals surface area contributed by atoms with Crippen LogP contribution in [-0.2, 0) is 0 Å². The summed E-state index contributed by atoms with van der Waals surface area (Å²) in [6, 6.07) is 12.2. The van der Waals surface area contributed by atoms with Crippen molar-refractivity contribution in [3.05, 3.63) is 59.4 Å². The van der Waals surface area contributed by atoms with Crippen molar-refractivity contribution in [2.24, 2.45) is 0 Å². The molecule has 2 rings (SSSR count). The molecule has 114 valence electrons. The minimum absolute atomic E-state index is 0.199. The molecule has 5 heteroatoms. The second-order valence-corrected chi connectivity index (χ2v) is 4.92. The number of hydrogen-bond acceptors (Lipinski definition) is 3. The highest BCUT2D eigenvalue weighted by Crippen LogP contribution is 2.16. The van der Waals surface area contributed by atoms with Crippen molar-refractivity contribution in [2.45, 2.75) is 20.3 Å². The second-order valence-electron chi connectivity index (χ2n) is 4.92. The normalized spacial score (nSPS) is 10.1. The summed E-state index contributed by atoms with van der Waals surface area (Å²) in [5.74, 6) is -0.533. The lowest BCUT2D eigenvalue weighted by Crippen LogP contribution is -2.26. The van der Waals surface area contributed by atoms with Gasteiger partial charge in [-0.15, -0.1) is 0 Å². The molecule has 22 heavy (non-hydrogen) atoms. The van der Waals surface area contributed by atoms with Gasteiger partial charge in [-0.25, -0.2) is 4.98 Å². The molecule has 0 radical (unpaired) electrons. The highest BCUT2D eigenvalue weighted by atomic mass is 16.2. The molecular weight excluding hydrogens is 278 g/mol. The highest BCUT2D eigenvalue weighted by molar-refractivity contribution is 6.08. The standard InChI is InChI=1S/C17H19N3O2/c1-3-11-18-16(21)13-8-4-5-9-14(13)20-17(22)15-10-6-7-12(2)19-15/h4-10H,3,11H2,1-2H3,(H,18,21)(H,20,22). The van der Waals surface area contributed by atoms with E-state index in [1.165, 1.54) is 0 Å². The zero-order chi connectivity index (χ0) is 15.9. The van der Waals surface area contributed by atoms with Crippen LogP contribution in [0.5, 0.6) is 0 Å². The Labute approximate surface area is 129 Å². The van der Waals surface area contributed by atoms with Gasteiger partial charge in [0, 0.05) is 12.2 Å². The van der Waals surface area contributed by atoms with E-state index in [0.717, 1.165) is 12.1 Å². The van der Waals surface area contributed by atoms with Gasteiger partial charge in [-0.05, 0) is 37.6 Å². The second kappa shape index (κ2) is 7.36. The maximum Gasteiger partial charge on any atom is 0.274 e. The van der Waals surface area contributed by atoms with E-state index >= 15 is 0 Å². The number of carbonyl (C=O) groups is 2. The lowest BCUT2D eigenvalue weighted by Gasteiger charge is -2.11. The Bertz CT molecular complexity index is 683. The van der Waals surface area contributed by atoms with E-state index in [2.05, 4.69) is 15.6 Å². The van der Waals surface area contributed by atoms with Crippen molar-refractivity contribution in [3.63, 3.8) is 0 Å². The summed E-state index contributed by atoms with van der Waals surface area (Å²) in [7, 11) is 0. The van der Waals surface area contributed by atoms with E-state index < -0.39 is 0 Å². The van der Waals surface area contributed by atoms with Crippen molar-refractivity contribution in [1.82, 2.24) is 10.3 Å². The molecule has 0 aliphatic heterocycles. The number of aromatic nitrogens is 1. The Hall–Kier alpha value is -2.69. The summed E-state index contributed by atoms with van der Waals surface area (Å²) in [6.45, 7) is 4.40. The number of pyridine rings is 1. The van der Waals surface area contributed by atoms with Gasteiger partial charge in [0.05, 0.1) is 11.3 Å². The summed E-state index contributed by atoms with van der Waals surface area (Å²) in [5, 5.41) is 5.55. The summed E-state index contributed by atoms with van der Waals surface area (Å²) in [5.41, 5.74) is 2.01. The molecule has 1 aromatic heterocycles. The third-order valence-corrected chi connectivity index (χ3v) is 3.08. The molecule has 0 atom stereocenters. The van der Waals surface area contributed by atoms with E-state index in [4.69, 9.17) is 0 Å². The summed E-state index contributed by atoms with van der Waals surface area (Å²) in [4.78, 5) is 28.5. The molecule has 1 heterocycles. The Morgan fingerprint density at radius 3 is 2.55 bits per heavy atom. The zero-order valence-corrected chi connectivity index (χ0v) is 12.7. The number of rotatable bonds is 5. The fourth-order valence-electron chi connectivity index (χ4n) is 1.98. The average molecular weight is 297 g/mol. The lowest BCUT2D eigenvalue weighted by atomic mass is 10.1. The first-order valence-corrected chi connectivity index (χ1v) is 7.24. The summed E-state index contributed by atoms with van der Waals surface area (Å²) < 4.78 is 0. The maximum atomic E-state index is 12.2. The molecule has 0 aliphatic carbocycles. The molecule has 1 aromatic carbocycles. The fourth-order valence-corrected chi connectivity index (χ4v) is 1.98. The van der Waals surface area contributed by atoms with Crippen molar-refractivity contribution in [3.8, 4) is 0 Å². The number of nitrogens with zero attached hydrogens (tertiary/aromatic N) is 1. The number of nitrogens with one attached hydrogen (secondary N) is 2. The summed E-state index contributed by atoms with van der Waals surface area (Å²) >= 11 is 0. The molecule has 2 N–H and O–H groups in total.